The van der Waals surface area contributed by atoms with Crippen LogP contribution in [0.25, 0.3) is 0 Å². The average Bonchev–Trinajstić information content (AvgIpc) is 2.72. The van der Waals surface area contributed by atoms with Crippen molar-refractivity contribution >= 4 is 13.7 Å². The lowest BCUT2D eigenvalue weighted by atomic mass is 10.0. The van der Waals surface area contributed by atoms with Crippen molar-refractivity contribution in [1.82, 2.24) is 5.32 Å². The largest absolute Gasteiger partial charge is 0.472 e. The lowest BCUT2D eigenvalue weighted by Crippen LogP contribution is -2.46. The van der Waals surface area contributed by atoms with Gasteiger partial charge in [0.2, 0.25) is 5.91 Å². The van der Waals surface area contributed by atoms with Crippen molar-refractivity contribution < 1.29 is 32.9 Å². The quantitative estimate of drug-likeness (QED) is 0.113. The minimum atomic E-state index is -4.26. The van der Waals surface area contributed by atoms with Gasteiger partial charge in [-0.2, -0.15) is 0 Å². The number of quaternary nitrogens is 1. The molecule has 0 radical (unpaired) electrons. The molecule has 33 heavy (non-hydrogen) atoms. The fraction of sp³-hybridized carbons (Fsp3) is 0.958. The van der Waals surface area contributed by atoms with Crippen LogP contribution >= 0.6 is 7.82 Å². The molecule has 0 rings (SSSR count). The van der Waals surface area contributed by atoms with Crippen LogP contribution in [0.15, 0.2) is 0 Å². The first-order valence-electron chi connectivity index (χ1n) is 12.9. The SMILES string of the molecule is CCCCCCCCCCC(=O)NC(COP(=O)(O)OCC[N+](C)(C)C)C(O)CCCCC. The molecule has 1 amide bonds. The molecule has 3 N–H and O–H groups in total. The van der Waals surface area contributed by atoms with Gasteiger partial charge in [0.05, 0.1) is 39.9 Å². The number of nitrogens with zero attached hydrogens (tertiary/aromatic N) is 1. The van der Waals surface area contributed by atoms with Gasteiger partial charge in [-0.1, -0.05) is 78.1 Å². The molecule has 0 aromatic carbocycles. The normalized spacial score (nSPS) is 15.7. The molecule has 0 saturated carbocycles. The Kier molecular flexibility index (Phi) is 18.5. The van der Waals surface area contributed by atoms with Crippen molar-refractivity contribution in [2.45, 2.75) is 109 Å². The molecule has 3 atom stereocenters. The summed E-state index contributed by atoms with van der Waals surface area (Å²) in [6, 6.07) is -0.745. The van der Waals surface area contributed by atoms with Gasteiger partial charge in [-0.15, -0.1) is 0 Å². The fourth-order valence-corrected chi connectivity index (χ4v) is 4.13. The Hall–Kier alpha value is -0.500. The van der Waals surface area contributed by atoms with Crippen molar-refractivity contribution in [3.63, 3.8) is 0 Å². The first-order valence-corrected chi connectivity index (χ1v) is 14.4. The number of aliphatic hydroxyl groups excluding tert-OH is 1. The van der Waals surface area contributed by atoms with E-state index in [1.165, 1.54) is 32.1 Å². The first kappa shape index (κ1) is 32.5. The van der Waals surface area contributed by atoms with Gasteiger partial charge in [-0.3, -0.25) is 13.8 Å². The molecule has 0 aliphatic heterocycles. The number of hydrogen-bond acceptors (Lipinski definition) is 5. The zero-order chi connectivity index (χ0) is 25.2. The third-order valence-corrected chi connectivity index (χ3v) is 6.59. The van der Waals surface area contributed by atoms with Crippen molar-refractivity contribution in [2.75, 3.05) is 40.9 Å². The summed E-state index contributed by atoms with van der Waals surface area (Å²) >= 11 is 0. The van der Waals surface area contributed by atoms with E-state index in [-0.39, 0.29) is 19.1 Å². The second-order valence-corrected chi connectivity index (χ2v) is 11.5. The predicted molar refractivity (Wildman–Crippen MR) is 134 cm³/mol. The van der Waals surface area contributed by atoms with E-state index in [9.17, 15) is 19.4 Å². The molecule has 0 saturated heterocycles. The summed E-state index contributed by atoms with van der Waals surface area (Å²) in [5.41, 5.74) is 0. The minimum Gasteiger partial charge on any atom is -0.391 e. The Balaban J connectivity index is 4.52. The van der Waals surface area contributed by atoms with E-state index in [0.717, 1.165) is 38.5 Å². The van der Waals surface area contributed by atoms with Gasteiger partial charge in [0.25, 0.3) is 0 Å². The number of phosphoric acid groups is 1. The van der Waals surface area contributed by atoms with Gasteiger partial charge in [-0.05, 0) is 12.8 Å². The molecule has 0 aromatic heterocycles. The number of carbonyl (C=O) groups excluding carboxylic acids is 1. The Morgan fingerprint density at radius 1 is 0.909 bits per heavy atom. The van der Waals surface area contributed by atoms with Crippen LogP contribution in [0.3, 0.4) is 0 Å². The number of phosphoric ester groups is 1. The van der Waals surface area contributed by atoms with Crippen molar-refractivity contribution in [3.05, 3.63) is 0 Å². The summed E-state index contributed by atoms with van der Waals surface area (Å²) in [7, 11) is 1.60. The van der Waals surface area contributed by atoms with E-state index in [0.29, 0.717) is 23.9 Å². The summed E-state index contributed by atoms with van der Waals surface area (Å²) in [5, 5.41) is 13.4. The molecule has 0 heterocycles. The third kappa shape index (κ3) is 20.6. The second kappa shape index (κ2) is 18.8. The van der Waals surface area contributed by atoms with Gasteiger partial charge >= 0.3 is 7.82 Å². The molecular formula is C24H52N2O6P+. The smallest absolute Gasteiger partial charge is 0.391 e. The number of likely N-dealkylation sites (N-methyl/N-ethyl adjacent to an activating group) is 1. The van der Waals surface area contributed by atoms with Crippen LogP contribution in [-0.4, -0.2) is 73.4 Å². The third-order valence-electron chi connectivity index (χ3n) is 5.61. The van der Waals surface area contributed by atoms with E-state index in [2.05, 4.69) is 19.2 Å². The highest BCUT2D eigenvalue weighted by Gasteiger charge is 2.28. The van der Waals surface area contributed by atoms with Crippen LogP contribution in [0.4, 0.5) is 0 Å². The summed E-state index contributed by atoms with van der Waals surface area (Å²) < 4.78 is 23.0. The maximum absolute atomic E-state index is 12.4. The van der Waals surface area contributed by atoms with Crippen LogP contribution in [0, 0.1) is 0 Å². The molecule has 0 aromatic rings. The van der Waals surface area contributed by atoms with Gasteiger partial charge in [0.15, 0.2) is 0 Å². The molecule has 0 bridgehead atoms. The Labute approximate surface area is 202 Å². The highest BCUT2D eigenvalue weighted by atomic mass is 31.2. The van der Waals surface area contributed by atoms with Crippen LogP contribution in [-0.2, 0) is 18.4 Å². The number of amides is 1. The maximum Gasteiger partial charge on any atom is 0.472 e. The molecule has 0 fully saturated rings. The average molecular weight is 496 g/mol. The van der Waals surface area contributed by atoms with Crippen LogP contribution in [0.1, 0.15) is 97.3 Å². The van der Waals surface area contributed by atoms with E-state index < -0.39 is 20.0 Å². The lowest BCUT2D eigenvalue weighted by Gasteiger charge is -2.26. The fourth-order valence-electron chi connectivity index (χ4n) is 3.39. The van der Waals surface area contributed by atoms with E-state index in [1.54, 1.807) is 0 Å². The molecule has 198 valence electrons. The van der Waals surface area contributed by atoms with Crippen LogP contribution in [0.2, 0.25) is 0 Å². The highest BCUT2D eigenvalue weighted by molar-refractivity contribution is 7.47. The molecule has 0 spiro atoms. The van der Waals surface area contributed by atoms with E-state index >= 15 is 0 Å². The van der Waals surface area contributed by atoms with E-state index in [1.807, 2.05) is 21.1 Å². The van der Waals surface area contributed by atoms with Crippen molar-refractivity contribution in [3.8, 4) is 0 Å². The predicted octanol–water partition coefficient (Wildman–Crippen LogP) is 4.78. The maximum atomic E-state index is 12.4. The summed E-state index contributed by atoms with van der Waals surface area (Å²) in [6.07, 6.45) is 12.0. The molecule has 0 aliphatic carbocycles. The molecule has 9 heteroatoms. The Morgan fingerprint density at radius 3 is 2.03 bits per heavy atom. The zero-order valence-electron chi connectivity index (χ0n) is 21.9. The molecule has 3 unspecified atom stereocenters. The van der Waals surface area contributed by atoms with E-state index in [4.69, 9.17) is 9.05 Å². The van der Waals surface area contributed by atoms with Gasteiger partial charge < -0.3 is 19.8 Å². The van der Waals surface area contributed by atoms with Gasteiger partial charge in [0.1, 0.15) is 13.2 Å². The standard InChI is InChI=1S/C24H51N2O6P/c1-6-8-10-11-12-13-14-16-18-24(28)25-22(23(27)17-15-9-7-2)21-32-33(29,30)31-20-19-26(3,4)5/h22-23,27H,6-21H2,1-5H3,(H-,25,28,29,30)/p+1. The van der Waals surface area contributed by atoms with Crippen molar-refractivity contribution in [2.24, 2.45) is 0 Å². The lowest BCUT2D eigenvalue weighted by molar-refractivity contribution is -0.870. The number of aliphatic hydroxyl groups is 1. The molecule has 8 nitrogen and oxygen atoms in total. The number of unbranched alkanes of at least 4 members (excludes halogenated alkanes) is 9. The number of hydrogen-bond donors (Lipinski definition) is 3. The number of carbonyl (C=O) groups is 1. The first-order chi connectivity index (χ1) is 15.5. The summed E-state index contributed by atoms with van der Waals surface area (Å²) in [6.45, 7) is 4.64. The van der Waals surface area contributed by atoms with Gasteiger partial charge in [0, 0.05) is 6.42 Å². The zero-order valence-corrected chi connectivity index (χ0v) is 22.8. The number of rotatable bonds is 22. The highest BCUT2D eigenvalue weighted by Crippen LogP contribution is 2.43. The molecular weight excluding hydrogens is 443 g/mol. The second-order valence-electron chi connectivity index (χ2n) is 10.1. The summed E-state index contributed by atoms with van der Waals surface area (Å²) in [5.74, 6) is -0.164. The Bertz CT molecular complexity index is 542. The summed E-state index contributed by atoms with van der Waals surface area (Å²) in [4.78, 5) is 22.4. The minimum absolute atomic E-state index is 0.0752. The Morgan fingerprint density at radius 2 is 1.45 bits per heavy atom. The molecule has 0 aliphatic rings. The number of nitrogens with one attached hydrogen (secondary N) is 1. The topological polar surface area (TPSA) is 105 Å². The van der Waals surface area contributed by atoms with Crippen molar-refractivity contribution in [1.29, 1.82) is 0 Å². The van der Waals surface area contributed by atoms with Crippen LogP contribution < -0.4 is 5.32 Å². The van der Waals surface area contributed by atoms with Crippen LogP contribution in [0.5, 0.6) is 0 Å². The monoisotopic (exact) mass is 495 g/mol. The van der Waals surface area contributed by atoms with Gasteiger partial charge in [-0.25, -0.2) is 4.57 Å².